The van der Waals surface area contributed by atoms with Crippen molar-refractivity contribution < 1.29 is 0 Å². The molecule has 0 saturated carbocycles. The van der Waals surface area contributed by atoms with Crippen molar-refractivity contribution in [3.05, 3.63) is 28.2 Å². The number of nitrogens with zero attached hydrogens (tertiary/aromatic N) is 1. The van der Waals surface area contributed by atoms with Gasteiger partial charge < -0.3 is 10.6 Å². The zero-order valence-electron chi connectivity index (χ0n) is 10.6. The number of benzene rings is 1. The van der Waals surface area contributed by atoms with Crippen molar-refractivity contribution >= 4 is 21.6 Å². The van der Waals surface area contributed by atoms with Crippen LogP contribution < -0.4 is 10.6 Å². The molecule has 0 bridgehead atoms. The first-order valence-electron chi connectivity index (χ1n) is 6.45. The van der Waals surface area contributed by atoms with Gasteiger partial charge in [0.05, 0.1) is 5.69 Å². The molecule has 3 heteroatoms. The Morgan fingerprint density at radius 2 is 2.29 bits per heavy atom. The highest BCUT2D eigenvalue weighted by molar-refractivity contribution is 9.10. The molecule has 2 N–H and O–H groups in total. The third kappa shape index (κ3) is 2.66. The lowest BCUT2D eigenvalue weighted by atomic mass is 10.1. The zero-order valence-corrected chi connectivity index (χ0v) is 12.2. The Hall–Kier alpha value is -0.540. The summed E-state index contributed by atoms with van der Waals surface area (Å²) in [4.78, 5) is 2.52. The minimum absolute atomic E-state index is 0.0981. The van der Waals surface area contributed by atoms with Gasteiger partial charge in [0.2, 0.25) is 0 Å². The first kappa shape index (κ1) is 12.9. The molecule has 17 heavy (non-hydrogen) atoms. The van der Waals surface area contributed by atoms with Gasteiger partial charge in [-0.05, 0) is 59.8 Å². The van der Waals surface area contributed by atoms with Gasteiger partial charge in [-0.25, -0.2) is 0 Å². The molecule has 0 spiro atoms. The fourth-order valence-corrected chi connectivity index (χ4v) is 3.24. The molecule has 1 saturated heterocycles. The molecule has 0 aliphatic carbocycles. The van der Waals surface area contributed by atoms with Crippen molar-refractivity contribution in [2.24, 2.45) is 5.73 Å². The monoisotopic (exact) mass is 296 g/mol. The van der Waals surface area contributed by atoms with E-state index in [2.05, 4.69) is 46.0 Å². The SMILES string of the molecule is CCC1CCCN1c1ccc(C(C)N)cc1Br. The molecule has 0 aromatic heterocycles. The summed E-state index contributed by atoms with van der Waals surface area (Å²) in [6.07, 6.45) is 3.85. The third-order valence-corrected chi connectivity index (χ3v) is 4.29. The maximum atomic E-state index is 5.91. The fourth-order valence-electron chi connectivity index (χ4n) is 2.62. The molecular formula is C14H21BrN2. The van der Waals surface area contributed by atoms with Gasteiger partial charge in [-0.2, -0.15) is 0 Å². The summed E-state index contributed by atoms with van der Waals surface area (Å²) in [7, 11) is 0. The van der Waals surface area contributed by atoms with Crippen molar-refractivity contribution in [3.63, 3.8) is 0 Å². The third-order valence-electron chi connectivity index (χ3n) is 3.66. The molecule has 0 radical (unpaired) electrons. The smallest absolute Gasteiger partial charge is 0.0513 e. The lowest BCUT2D eigenvalue weighted by Gasteiger charge is -2.27. The molecule has 2 atom stereocenters. The Balaban J connectivity index is 2.27. The van der Waals surface area contributed by atoms with Gasteiger partial charge in [0, 0.05) is 23.1 Å². The van der Waals surface area contributed by atoms with Gasteiger partial charge in [0.25, 0.3) is 0 Å². The molecule has 1 aliphatic heterocycles. The van der Waals surface area contributed by atoms with Crippen LogP contribution in [0.1, 0.15) is 44.7 Å². The predicted molar refractivity (Wildman–Crippen MR) is 77.4 cm³/mol. The average molecular weight is 297 g/mol. The Bertz CT molecular complexity index is 390. The van der Waals surface area contributed by atoms with E-state index in [4.69, 9.17) is 5.73 Å². The molecule has 94 valence electrons. The van der Waals surface area contributed by atoms with Crippen molar-refractivity contribution in [1.29, 1.82) is 0 Å². The summed E-state index contributed by atoms with van der Waals surface area (Å²) in [5.74, 6) is 0. The van der Waals surface area contributed by atoms with Gasteiger partial charge in [-0.1, -0.05) is 13.0 Å². The second kappa shape index (κ2) is 5.40. The van der Waals surface area contributed by atoms with E-state index < -0.39 is 0 Å². The molecule has 2 unspecified atom stereocenters. The second-order valence-electron chi connectivity index (χ2n) is 4.90. The van der Waals surface area contributed by atoms with Crippen LogP contribution in [0.3, 0.4) is 0 Å². The number of hydrogen-bond acceptors (Lipinski definition) is 2. The van der Waals surface area contributed by atoms with Crippen LogP contribution in [0.4, 0.5) is 5.69 Å². The van der Waals surface area contributed by atoms with E-state index in [1.54, 1.807) is 0 Å². The lowest BCUT2D eigenvalue weighted by Crippen LogP contribution is -2.28. The largest absolute Gasteiger partial charge is 0.368 e. The van der Waals surface area contributed by atoms with E-state index in [1.165, 1.54) is 41.5 Å². The molecule has 1 aromatic rings. The molecule has 1 heterocycles. The van der Waals surface area contributed by atoms with Crippen LogP contribution in [0, 0.1) is 0 Å². The Morgan fingerprint density at radius 1 is 1.53 bits per heavy atom. The molecule has 2 nitrogen and oxygen atoms in total. The van der Waals surface area contributed by atoms with E-state index in [-0.39, 0.29) is 6.04 Å². The highest BCUT2D eigenvalue weighted by Gasteiger charge is 2.24. The van der Waals surface area contributed by atoms with Crippen molar-refractivity contribution in [2.75, 3.05) is 11.4 Å². The highest BCUT2D eigenvalue weighted by atomic mass is 79.9. The molecule has 0 amide bonds. The molecular weight excluding hydrogens is 276 g/mol. The van der Waals surface area contributed by atoms with Gasteiger partial charge in [-0.3, -0.25) is 0 Å². The Labute approximate surface area is 112 Å². The lowest BCUT2D eigenvalue weighted by molar-refractivity contribution is 0.644. The number of halogens is 1. The van der Waals surface area contributed by atoms with Crippen LogP contribution >= 0.6 is 15.9 Å². The topological polar surface area (TPSA) is 29.3 Å². The Kier molecular flexibility index (Phi) is 4.10. The van der Waals surface area contributed by atoms with Crippen molar-refractivity contribution in [3.8, 4) is 0 Å². The van der Waals surface area contributed by atoms with E-state index in [0.717, 1.165) is 0 Å². The summed E-state index contributed by atoms with van der Waals surface area (Å²) >= 11 is 3.68. The standard InChI is InChI=1S/C14H21BrN2/c1-3-12-5-4-8-17(12)14-7-6-11(10(2)16)9-13(14)15/h6-7,9-10,12H,3-5,8,16H2,1-2H3. The van der Waals surface area contributed by atoms with Crippen LogP contribution in [-0.2, 0) is 0 Å². The zero-order chi connectivity index (χ0) is 12.4. The summed E-state index contributed by atoms with van der Waals surface area (Å²) in [6, 6.07) is 7.31. The van der Waals surface area contributed by atoms with Gasteiger partial charge >= 0.3 is 0 Å². The normalized spacial score (nSPS) is 21.9. The maximum absolute atomic E-state index is 5.91. The van der Waals surface area contributed by atoms with Crippen LogP contribution in [0.15, 0.2) is 22.7 Å². The van der Waals surface area contributed by atoms with E-state index in [9.17, 15) is 0 Å². The average Bonchev–Trinajstić information content (AvgIpc) is 2.76. The summed E-state index contributed by atoms with van der Waals surface area (Å²) in [6.45, 7) is 5.47. The van der Waals surface area contributed by atoms with E-state index in [1.807, 2.05) is 6.92 Å². The summed E-state index contributed by atoms with van der Waals surface area (Å²) in [5.41, 5.74) is 8.41. The molecule has 1 aliphatic rings. The molecule has 1 aromatic carbocycles. The summed E-state index contributed by atoms with van der Waals surface area (Å²) in [5, 5.41) is 0. The van der Waals surface area contributed by atoms with Crippen LogP contribution in [-0.4, -0.2) is 12.6 Å². The molecule has 2 rings (SSSR count). The quantitative estimate of drug-likeness (QED) is 0.918. The van der Waals surface area contributed by atoms with Gasteiger partial charge in [0.15, 0.2) is 0 Å². The fraction of sp³-hybridized carbons (Fsp3) is 0.571. The maximum Gasteiger partial charge on any atom is 0.0513 e. The minimum Gasteiger partial charge on any atom is -0.368 e. The Morgan fingerprint density at radius 3 is 2.88 bits per heavy atom. The van der Waals surface area contributed by atoms with E-state index >= 15 is 0 Å². The number of rotatable bonds is 3. The highest BCUT2D eigenvalue weighted by Crippen LogP contribution is 2.34. The van der Waals surface area contributed by atoms with Crippen molar-refractivity contribution in [2.45, 2.75) is 45.2 Å². The van der Waals surface area contributed by atoms with Crippen molar-refractivity contribution in [1.82, 2.24) is 0 Å². The first-order valence-corrected chi connectivity index (χ1v) is 7.24. The first-order chi connectivity index (χ1) is 8.13. The summed E-state index contributed by atoms with van der Waals surface area (Å²) < 4.78 is 1.17. The number of nitrogens with two attached hydrogens (primary N) is 1. The van der Waals surface area contributed by atoms with Gasteiger partial charge in [0.1, 0.15) is 0 Å². The number of hydrogen-bond donors (Lipinski definition) is 1. The van der Waals surface area contributed by atoms with Gasteiger partial charge in [-0.15, -0.1) is 0 Å². The number of anilines is 1. The van der Waals surface area contributed by atoms with Crippen LogP contribution in [0.5, 0.6) is 0 Å². The van der Waals surface area contributed by atoms with Crippen LogP contribution in [0.25, 0.3) is 0 Å². The second-order valence-corrected chi connectivity index (χ2v) is 5.75. The molecule has 1 fully saturated rings. The predicted octanol–water partition coefficient (Wildman–Crippen LogP) is 3.85. The minimum atomic E-state index is 0.0981. The van der Waals surface area contributed by atoms with Crippen LogP contribution in [0.2, 0.25) is 0 Å². The van der Waals surface area contributed by atoms with E-state index in [0.29, 0.717) is 6.04 Å².